The minimum Gasteiger partial charge on any atom is -0.472 e. The van der Waals surface area contributed by atoms with E-state index in [-0.39, 0.29) is 31.6 Å². The number of carbonyl (C=O) groups is 2. The molecule has 2 aromatic carbocycles. The van der Waals surface area contributed by atoms with Crippen molar-refractivity contribution < 1.29 is 28.5 Å². The maximum Gasteiger partial charge on any atom is 0.260 e. The average molecular weight is 394 g/mol. The van der Waals surface area contributed by atoms with Crippen LogP contribution in [0.5, 0.6) is 23.0 Å². The van der Waals surface area contributed by atoms with Gasteiger partial charge in [0.25, 0.3) is 11.8 Å². The van der Waals surface area contributed by atoms with Gasteiger partial charge >= 0.3 is 0 Å². The summed E-state index contributed by atoms with van der Waals surface area (Å²) in [6, 6.07) is 8.89. The Hall–Kier alpha value is -3.42. The molecule has 4 aliphatic rings. The van der Waals surface area contributed by atoms with E-state index >= 15 is 0 Å². The van der Waals surface area contributed by atoms with Crippen LogP contribution in [0.1, 0.15) is 39.1 Å². The Kier molecular flexibility index (Phi) is 3.44. The second-order valence-corrected chi connectivity index (χ2v) is 7.52. The smallest absolute Gasteiger partial charge is 0.260 e. The molecule has 1 fully saturated rings. The number of nitrogens with zero attached hydrogens (tertiary/aromatic N) is 2. The molecule has 0 radical (unpaired) electrons. The fourth-order valence-electron chi connectivity index (χ4n) is 4.26. The van der Waals surface area contributed by atoms with Crippen molar-refractivity contribution in [2.45, 2.75) is 25.6 Å². The van der Waals surface area contributed by atoms with E-state index in [0.29, 0.717) is 47.2 Å². The Balaban J connectivity index is 1.29. The first-order valence-electron chi connectivity index (χ1n) is 9.64. The Morgan fingerprint density at radius 1 is 0.897 bits per heavy atom. The van der Waals surface area contributed by atoms with E-state index in [1.807, 2.05) is 18.2 Å². The van der Waals surface area contributed by atoms with Crippen LogP contribution >= 0.6 is 0 Å². The van der Waals surface area contributed by atoms with Gasteiger partial charge in [-0.1, -0.05) is 6.07 Å². The standard InChI is InChI=1S/C21H18N2O6/c24-20-13-8-17-14(21(25)23-5-1-2-19(23)29-17)7-16(13)26-10-22(20)9-12-3-4-15-18(6-12)28-11-27-15/h3-4,6-8,19H,1-2,5,9-11H2. The Bertz CT molecular complexity index is 1050. The number of amides is 2. The topological polar surface area (TPSA) is 77.5 Å². The first-order chi connectivity index (χ1) is 14.2. The number of carbonyl (C=O) groups excluding carboxylic acids is 2. The molecule has 6 rings (SSSR count). The van der Waals surface area contributed by atoms with Gasteiger partial charge in [0, 0.05) is 19.5 Å². The highest BCUT2D eigenvalue weighted by atomic mass is 16.7. The summed E-state index contributed by atoms with van der Waals surface area (Å²) in [6.07, 6.45) is 1.49. The van der Waals surface area contributed by atoms with Crippen molar-refractivity contribution >= 4 is 11.8 Å². The van der Waals surface area contributed by atoms with Crippen LogP contribution in [0.4, 0.5) is 0 Å². The van der Waals surface area contributed by atoms with Crippen molar-refractivity contribution in [2.75, 3.05) is 20.1 Å². The molecule has 0 spiro atoms. The molecule has 0 aliphatic carbocycles. The van der Waals surface area contributed by atoms with Crippen LogP contribution in [0, 0.1) is 0 Å². The molecule has 8 heteroatoms. The molecule has 0 bridgehead atoms. The van der Waals surface area contributed by atoms with Gasteiger partial charge in [-0.3, -0.25) is 9.59 Å². The third kappa shape index (κ3) is 2.52. The van der Waals surface area contributed by atoms with Crippen LogP contribution in [0.25, 0.3) is 0 Å². The fraction of sp³-hybridized carbons (Fsp3) is 0.333. The van der Waals surface area contributed by atoms with Gasteiger partial charge in [-0.15, -0.1) is 0 Å². The molecule has 148 valence electrons. The molecule has 0 saturated carbocycles. The summed E-state index contributed by atoms with van der Waals surface area (Å²) in [4.78, 5) is 29.2. The van der Waals surface area contributed by atoms with Gasteiger partial charge in [0.15, 0.2) is 24.5 Å². The summed E-state index contributed by atoms with van der Waals surface area (Å²) in [5.74, 6) is 2.04. The third-order valence-electron chi connectivity index (χ3n) is 5.74. The number of benzene rings is 2. The monoisotopic (exact) mass is 394 g/mol. The van der Waals surface area contributed by atoms with E-state index in [1.54, 1.807) is 21.9 Å². The molecule has 0 aromatic heterocycles. The van der Waals surface area contributed by atoms with Crippen LogP contribution in [0.3, 0.4) is 0 Å². The summed E-state index contributed by atoms with van der Waals surface area (Å²) in [5, 5.41) is 0. The number of rotatable bonds is 2. The molecule has 29 heavy (non-hydrogen) atoms. The van der Waals surface area contributed by atoms with E-state index in [2.05, 4.69) is 0 Å². The van der Waals surface area contributed by atoms with Crippen LogP contribution < -0.4 is 18.9 Å². The Morgan fingerprint density at radius 3 is 2.66 bits per heavy atom. The van der Waals surface area contributed by atoms with E-state index in [9.17, 15) is 9.59 Å². The first-order valence-corrected chi connectivity index (χ1v) is 9.64. The number of hydrogen-bond acceptors (Lipinski definition) is 6. The third-order valence-corrected chi connectivity index (χ3v) is 5.74. The van der Waals surface area contributed by atoms with E-state index in [1.165, 1.54) is 0 Å². The molecule has 8 nitrogen and oxygen atoms in total. The summed E-state index contributed by atoms with van der Waals surface area (Å²) < 4.78 is 22.6. The highest BCUT2D eigenvalue weighted by Gasteiger charge is 2.39. The predicted octanol–water partition coefficient (Wildman–Crippen LogP) is 2.36. The van der Waals surface area contributed by atoms with Crippen LogP contribution in [0.2, 0.25) is 0 Å². The molecule has 2 aromatic rings. The number of hydrogen-bond donors (Lipinski definition) is 0. The predicted molar refractivity (Wildman–Crippen MR) is 99.1 cm³/mol. The number of fused-ring (bicyclic) bond motifs is 4. The minimum absolute atomic E-state index is 0.0598. The van der Waals surface area contributed by atoms with Crippen molar-refractivity contribution in [3.8, 4) is 23.0 Å². The minimum atomic E-state index is -0.239. The van der Waals surface area contributed by atoms with E-state index < -0.39 is 0 Å². The van der Waals surface area contributed by atoms with Gasteiger partial charge in [0.05, 0.1) is 11.1 Å². The lowest BCUT2D eigenvalue weighted by Gasteiger charge is -2.34. The molecule has 1 unspecified atom stereocenters. The van der Waals surface area contributed by atoms with Crippen LogP contribution in [-0.2, 0) is 6.54 Å². The van der Waals surface area contributed by atoms with E-state index in [0.717, 1.165) is 18.4 Å². The van der Waals surface area contributed by atoms with E-state index in [4.69, 9.17) is 18.9 Å². The second-order valence-electron chi connectivity index (χ2n) is 7.52. The lowest BCUT2D eigenvalue weighted by atomic mass is 10.0. The van der Waals surface area contributed by atoms with Gasteiger partial charge in [-0.2, -0.15) is 0 Å². The SMILES string of the molecule is O=C1c2cc3c(cc2OCN1Cc1ccc2c(c1)OCO2)C(=O)N1CCCC1O3. The lowest BCUT2D eigenvalue weighted by molar-refractivity contribution is 0.0282. The molecule has 0 N–H and O–H groups in total. The highest BCUT2D eigenvalue weighted by Crippen LogP contribution is 2.39. The molecule has 2 amide bonds. The van der Waals surface area contributed by atoms with Crippen molar-refractivity contribution in [3.05, 3.63) is 47.0 Å². The fourth-order valence-corrected chi connectivity index (χ4v) is 4.26. The maximum absolute atomic E-state index is 13.1. The summed E-state index contributed by atoms with van der Waals surface area (Å²) in [7, 11) is 0. The maximum atomic E-state index is 13.1. The summed E-state index contributed by atoms with van der Waals surface area (Å²) >= 11 is 0. The van der Waals surface area contributed by atoms with Gasteiger partial charge in [0.2, 0.25) is 6.79 Å². The Labute approximate surface area is 166 Å². The second kappa shape index (κ2) is 6.04. The zero-order chi connectivity index (χ0) is 19.5. The van der Waals surface area contributed by atoms with Crippen molar-refractivity contribution in [1.82, 2.24) is 9.80 Å². The quantitative estimate of drug-likeness (QED) is 0.778. The summed E-state index contributed by atoms with van der Waals surface area (Å²) in [6.45, 7) is 1.39. The molecule has 4 aliphatic heterocycles. The van der Waals surface area contributed by atoms with Crippen molar-refractivity contribution in [1.29, 1.82) is 0 Å². The van der Waals surface area contributed by atoms with Crippen LogP contribution in [0.15, 0.2) is 30.3 Å². The Morgan fingerprint density at radius 2 is 1.72 bits per heavy atom. The van der Waals surface area contributed by atoms with Crippen molar-refractivity contribution in [3.63, 3.8) is 0 Å². The molecular formula is C21H18N2O6. The highest BCUT2D eigenvalue weighted by molar-refractivity contribution is 6.03. The van der Waals surface area contributed by atoms with Crippen molar-refractivity contribution in [2.24, 2.45) is 0 Å². The zero-order valence-corrected chi connectivity index (χ0v) is 15.6. The van der Waals surface area contributed by atoms with Gasteiger partial charge in [-0.05, 0) is 36.2 Å². The van der Waals surface area contributed by atoms with Gasteiger partial charge in [0.1, 0.15) is 11.5 Å². The average Bonchev–Trinajstić information content (AvgIpc) is 3.38. The number of ether oxygens (including phenoxy) is 4. The van der Waals surface area contributed by atoms with Gasteiger partial charge in [-0.25, -0.2) is 0 Å². The molecule has 1 atom stereocenters. The molecule has 1 saturated heterocycles. The largest absolute Gasteiger partial charge is 0.472 e. The lowest BCUT2D eigenvalue weighted by Crippen LogP contribution is -2.43. The molecular weight excluding hydrogens is 376 g/mol. The summed E-state index contributed by atoms with van der Waals surface area (Å²) in [5.41, 5.74) is 1.79. The first kappa shape index (κ1) is 16.5. The van der Waals surface area contributed by atoms with Crippen LogP contribution in [-0.4, -0.2) is 47.9 Å². The van der Waals surface area contributed by atoms with Gasteiger partial charge < -0.3 is 28.7 Å². The molecule has 4 heterocycles. The normalized spacial score (nSPS) is 21.3. The zero-order valence-electron chi connectivity index (χ0n) is 15.6.